The molecular weight excluding hydrogens is 269 g/mol. The number of hydrogen-bond acceptors (Lipinski definition) is 2. The highest BCUT2D eigenvalue weighted by atomic mass is 79.9. The van der Waals surface area contributed by atoms with Crippen molar-refractivity contribution in [1.82, 2.24) is 0 Å². The molecule has 3 nitrogen and oxygen atoms in total. The highest BCUT2D eigenvalue weighted by Crippen LogP contribution is 2.26. The van der Waals surface area contributed by atoms with Crippen molar-refractivity contribution in [3.63, 3.8) is 0 Å². The molecule has 1 aromatic rings. The van der Waals surface area contributed by atoms with Crippen LogP contribution in [0.3, 0.4) is 0 Å². The van der Waals surface area contributed by atoms with Gasteiger partial charge in [-0.15, -0.1) is 0 Å². The third kappa shape index (κ3) is 2.97. The molecule has 0 aliphatic heterocycles. The fourth-order valence-corrected chi connectivity index (χ4v) is 1.56. The number of benzene rings is 1. The van der Waals surface area contributed by atoms with Crippen LogP contribution in [-0.2, 0) is 4.79 Å². The molecule has 3 N–H and O–H groups in total. The molecule has 1 rings (SSSR count). The molecule has 14 heavy (non-hydrogen) atoms. The van der Waals surface area contributed by atoms with Crippen LogP contribution in [0, 0.1) is 0 Å². The first kappa shape index (κ1) is 11.5. The molecule has 0 aliphatic carbocycles. The van der Waals surface area contributed by atoms with Gasteiger partial charge in [0, 0.05) is 10.5 Å². The molecule has 0 bridgehead atoms. The normalized spacial score (nSPS) is 12.5. The number of halogens is 2. The molecule has 1 aromatic carbocycles. The van der Waals surface area contributed by atoms with Crippen LogP contribution < -0.4 is 5.73 Å². The van der Waals surface area contributed by atoms with E-state index >= 15 is 0 Å². The van der Waals surface area contributed by atoms with Gasteiger partial charge in [-0.3, -0.25) is 4.79 Å². The Labute approximate surface area is 95.0 Å². The van der Waals surface area contributed by atoms with Crippen LogP contribution in [0.2, 0.25) is 5.02 Å². The molecular formula is C9H9BrClNO2. The summed E-state index contributed by atoms with van der Waals surface area (Å²) >= 11 is 9.03. The summed E-state index contributed by atoms with van der Waals surface area (Å²) in [4.78, 5) is 10.4. The van der Waals surface area contributed by atoms with Gasteiger partial charge in [-0.2, -0.15) is 0 Å². The maximum Gasteiger partial charge on any atom is 0.305 e. The van der Waals surface area contributed by atoms with Crippen molar-refractivity contribution in [2.45, 2.75) is 12.5 Å². The first-order valence-electron chi connectivity index (χ1n) is 3.93. The van der Waals surface area contributed by atoms with E-state index in [4.69, 9.17) is 22.4 Å². The average molecular weight is 279 g/mol. The van der Waals surface area contributed by atoms with Crippen LogP contribution in [0.5, 0.6) is 0 Å². The van der Waals surface area contributed by atoms with E-state index in [-0.39, 0.29) is 6.42 Å². The number of hydrogen-bond donors (Lipinski definition) is 2. The van der Waals surface area contributed by atoms with Gasteiger partial charge in [0.2, 0.25) is 0 Å². The van der Waals surface area contributed by atoms with Crippen LogP contribution >= 0.6 is 27.5 Å². The number of carboxylic acids is 1. The number of aliphatic carboxylic acids is 1. The largest absolute Gasteiger partial charge is 0.481 e. The zero-order chi connectivity index (χ0) is 10.7. The number of rotatable bonds is 3. The van der Waals surface area contributed by atoms with Gasteiger partial charge in [-0.1, -0.05) is 17.7 Å². The maximum absolute atomic E-state index is 10.4. The Hall–Kier alpha value is -0.580. The lowest BCUT2D eigenvalue weighted by Crippen LogP contribution is -2.14. The topological polar surface area (TPSA) is 63.3 Å². The smallest absolute Gasteiger partial charge is 0.305 e. The highest BCUT2D eigenvalue weighted by Gasteiger charge is 2.11. The fourth-order valence-electron chi connectivity index (χ4n) is 1.05. The van der Waals surface area contributed by atoms with Gasteiger partial charge in [-0.05, 0) is 33.6 Å². The predicted octanol–water partition coefficient (Wildman–Crippen LogP) is 2.58. The Bertz CT molecular complexity index is 357. The Morgan fingerprint density at radius 1 is 1.64 bits per heavy atom. The van der Waals surface area contributed by atoms with Gasteiger partial charge in [0.1, 0.15) is 0 Å². The lowest BCUT2D eigenvalue weighted by molar-refractivity contribution is -0.137. The van der Waals surface area contributed by atoms with Gasteiger partial charge < -0.3 is 10.8 Å². The lowest BCUT2D eigenvalue weighted by Gasteiger charge is -2.09. The van der Waals surface area contributed by atoms with Crippen LogP contribution in [0.15, 0.2) is 22.7 Å². The summed E-state index contributed by atoms with van der Waals surface area (Å²) in [5.74, 6) is -0.913. The van der Waals surface area contributed by atoms with Crippen LogP contribution in [-0.4, -0.2) is 11.1 Å². The Morgan fingerprint density at radius 2 is 2.29 bits per heavy atom. The van der Waals surface area contributed by atoms with E-state index in [1.165, 1.54) is 0 Å². The molecule has 0 radical (unpaired) electrons. The summed E-state index contributed by atoms with van der Waals surface area (Å²) in [7, 11) is 0. The van der Waals surface area contributed by atoms with Gasteiger partial charge in [-0.25, -0.2) is 0 Å². The summed E-state index contributed by atoms with van der Waals surface area (Å²) < 4.78 is 0.720. The highest BCUT2D eigenvalue weighted by molar-refractivity contribution is 9.10. The van der Waals surface area contributed by atoms with E-state index in [2.05, 4.69) is 15.9 Å². The molecule has 0 amide bonds. The summed E-state index contributed by atoms with van der Waals surface area (Å²) in [6, 6.07) is 4.64. The molecule has 0 aromatic heterocycles. The Kier molecular flexibility index (Phi) is 3.92. The SMILES string of the molecule is N[C@H](CC(=O)O)c1ccc(Cl)c(Br)c1. The van der Waals surface area contributed by atoms with E-state index in [9.17, 15) is 4.79 Å². The monoisotopic (exact) mass is 277 g/mol. The fraction of sp³-hybridized carbons (Fsp3) is 0.222. The first-order chi connectivity index (χ1) is 6.50. The first-order valence-corrected chi connectivity index (χ1v) is 5.10. The molecule has 0 fully saturated rings. The van der Waals surface area contributed by atoms with Gasteiger partial charge in [0.25, 0.3) is 0 Å². The quantitative estimate of drug-likeness (QED) is 0.893. The third-order valence-electron chi connectivity index (χ3n) is 1.77. The van der Waals surface area contributed by atoms with Crippen molar-refractivity contribution in [1.29, 1.82) is 0 Å². The molecule has 5 heteroatoms. The summed E-state index contributed by atoms with van der Waals surface area (Å²) in [5, 5.41) is 9.13. The molecule has 0 heterocycles. The number of carboxylic acid groups (broad SMARTS) is 1. The minimum absolute atomic E-state index is 0.0892. The summed E-state index contributed by atoms with van der Waals surface area (Å²) in [6.45, 7) is 0. The second-order valence-electron chi connectivity index (χ2n) is 2.88. The van der Waals surface area contributed by atoms with Gasteiger partial charge >= 0.3 is 5.97 Å². The number of carbonyl (C=O) groups is 1. The van der Waals surface area contributed by atoms with Crippen molar-refractivity contribution >= 4 is 33.5 Å². The van der Waals surface area contributed by atoms with Crippen LogP contribution in [0.4, 0.5) is 0 Å². The van der Waals surface area contributed by atoms with Crippen LogP contribution in [0.25, 0.3) is 0 Å². The second-order valence-corrected chi connectivity index (χ2v) is 4.14. The standard InChI is InChI=1S/C9H9BrClNO2/c10-6-3-5(1-2-7(6)11)8(12)4-9(13)14/h1-3,8H,4,12H2,(H,13,14)/t8-/m1/s1. The van der Waals surface area contributed by atoms with E-state index < -0.39 is 12.0 Å². The Morgan fingerprint density at radius 3 is 2.79 bits per heavy atom. The molecule has 0 saturated carbocycles. The van der Waals surface area contributed by atoms with Gasteiger partial charge in [0.15, 0.2) is 0 Å². The second kappa shape index (κ2) is 4.77. The molecule has 1 atom stereocenters. The van der Waals surface area contributed by atoms with E-state index in [0.717, 1.165) is 10.0 Å². The predicted molar refractivity (Wildman–Crippen MR) is 58.3 cm³/mol. The summed E-state index contributed by atoms with van der Waals surface area (Å²) in [6.07, 6.45) is -0.0892. The Balaban J connectivity index is 2.85. The maximum atomic E-state index is 10.4. The van der Waals surface area contributed by atoms with Crippen molar-refractivity contribution in [3.8, 4) is 0 Å². The molecule has 0 saturated heterocycles. The minimum atomic E-state index is -0.913. The average Bonchev–Trinajstić information content (AvgIpc) is 2.08. The van der Waals surface area contributed by atoms with E-state index in [1.54, 1.807) is 18.2 Å². The summed E-state index contributed by atoms with van der Waals surface area (Å²) in [5.41, 5.74) is 6.42. The zero-order valence-corrected chi connectivity index (χ0v) is 9.55. The molecule has 0 unspecified atom stereocenters. The van der Waals surface area contributed by atoms with Gasteiger partial charge in [0.05, 0.1) is 11.4 Å². The minimum Gasteiger partial charge on any atom is -0.481 e. The lowest BCUT2D eigenvalue weighted by atomic mass is 10.1. The van der Waals surface area contributed by atoms with E-state index in [1.807, 2.05) is 0 Å². The van der Waals surface area contributed by atoms with Crippen molar-refractivity contribution in [3.05, 3.63) is 33.3 Å². The zero-order valence-electron chi connectivity index (χ0n) is 7.21. The van der Waals surface area contributed by atoms with E-state index in [0.29, 0.717) is 5.02 Å². The van der Waals surface area contributed by atoms with Crippen LogP contribution in [0.1, 0.15) is 18.0 Å². The molecule has 76 valence electrons. The van der Waals surface area contributed by atoms with Crippen molar-refractivity contribution in [2.24, 2.45) is 5.73 Å². The van der Waals surface area contributed by atoms with Crippen molar-refractivity contribution in [2.75, 3.05) is 0 Å². The molecule has 0 aliphatic rings. The van der Waals surface area contributed by atoms with Crippen molar-refractivity contribution < 1.29 is 9.90 Å². The molecule has 0 spiro atoms. The number of nitrogens with two attached hydrogens (primary N) is 1. The third-order valence-corrected chi connectivity index (χ3v) is 2.98.